The molecule has 1 aliphatic carbocycles. The molecule has 1 aliphatic rings. The van der Waals surface area contributed by atoms with Crippen LogP contribution in [0.1, 0.15) is 41.3 Å². The average molecular weight is 393 g/mol. The van der Waals surface area contributed by atoms with E-state index in [0.717, 1.165) is 26.6 Å². The van der Waals surface area contributed by atoms with E-state index in [2.05, 4.69) is 38.7 Å². The maximum atomic E-state index is 6.46. The molecule has 0 amide bonds. The normalized spacial score (nSPS) is 14.6. The van der Waals surface area contributed by atoms with Crippen molar-refractivity contribution in [2.24, 2.45) is 4.99 Å². The molecule has 1 fully saturated rings. The van der Waals surface area contributed by atoms with Gasteiger partial charge in [0.25, 0.3) is 0 Å². The smallest absolute Gasteiger partial charge is 0.107 e. The fourth-order valence-electron chi connectivity index (χ4n) is 2.83. The number of aliphatic imine (C=N–C) groups is 1. The van der Waals surface area contributed by atoms with Gasteiger partial charge in [0.2, 0.25) is 0 Å². The van der Waals surface area contributed by atoms with Gasteiger partial charge in [-0.05, 0) is 65.7 Å². The van der Waals surface area contributed by atoms with Crippen LogP contribution < -0.4 is 0 Å². The fraction of sp³-hybridized carbons (Fsp3) is 0.333. The van der Waals surface area contributed by atoms with Crippen LogP contribution in [0.5, 0.6) is 0 Å². The van der Waals surface area contributed by atoms with E-state index in [1.807, 2.05) is 30.7 Å². The third-order valence-corrected chi connectivity index (χ3v) is 4.72. The van der Waals surface area contributed by atoms with Crippen LogP contribution in [-0.2, 0) is 6.54 Å². The standard InChI is InChI=1S/C18H19BrClN3/c1-11(19)9-21-18-12(2)22-23(13(18)3)10-16-15(14-7-8-14)5-4-6-17(16)20/h4-6,9,14H,1,7-8,10H2,2-3H3. The molecule has 0 spiro atoms. The summed E-state index contributed by atoms with van der Waals surface area (Å²) in [7, 11) is 0. The number of halogens is 2. The fourth-order valence-corrected chi connectivity index (χ4v) is 3.18. The maximum Gasteiger partial charge on any atom is 0.107 e. The topological polar surface area (TPSA) is 30.2 Å². The van der Waals surface area contributed by atoms with E-state index in [9.17, 15) is 0 Å². The van der Waals surface area contributed by atoms with Gasteiger partial charge in [-0.2, -0.15) is 5.10 Å². The molecular weight excluding hydrogens is 374 g/mol. The van der Waals surface area contributed by atoms with Crippen molar-refractivity contribution in [3.8, 4) is 0 Å². The Balaban J connectivity index is 1.96. The Morgan fingerprint density at radius 3 is 2.87 bits per heavy atom. The number of aromatic nitrogens is 2. The van der Waals surface area contributed by atoms with Gasteiger partial charge < -0.3 is 0 Å². The first-order chi connectivity index (χ1) is 11.0. The number of nitrogens with zero attached hydrogens (tertiary/aromatic N) is 3. The third kappa shape index (κ3) is 3.59. The number of aryl methyl sites for hydroxylation is 1. The minimum atomic E-state index is 0.662. The van der Waals surface area contributed by atoms with Gasteiger partial charge in [-0.25, -0.2) is 0 Å². The Kier molecular flexibility index (Phi) is 4.74. The minimum Gasteiger partial charge on any atom is -0.263 e. The molecule has 1 aromatic carbocycles. The Bertz CT molecular complexity index is 788. The third-order valence-electron chi connectivity index (χ3n) is 4.16. The van der Waals surface area contributed by atoms with Crippen LogP contribution in [0, 0.1) is 13.8 Å². The zero-order valence-electron chi connectivity index (χ0n) is 13.3. The highest BCUT2D eigenvalue weighted by Crippen LogP contribution is 2.43. The highest BCUT2D eigenvalue weighted by atomic mass is 79.9. The lowest BCUT2D eigenvalue weighted by Gasteiger charge is -2.12. The van der Waals surface area contributed by atoms with Crippen molar-refractivity contribution in [3.05, 3.63) is 56.8 Å². The molecule has 3 nitrogen and oxygen atoms in total. The van der Waals surface area contributed by atoms with Gasteiger partial charge in [0.1, 0.15) is 5.69 Å². The summed E-state index contributed by atoms with van der Waals surface area (Å²) in [5, 5.41) is 5.46. The van der Waals surface area contributed by atoms with Crippen molar-refractivity contribution < 1.29 is 0 Å². The van der Waals surface area contributed by atoms with Crippen molar-refractivity contribution in [2.75, 3.05) is 0 Å². The van der Waals surface area contributed by atoms with Gasteiger partial charge >= 0.3 is 0 Å². The summed E-state index contributed by atoms with van der Waals surface area (Å²) < 4.78 is 2.73. The van der Waals surface area contributed by atoms with Crippen molar-refractivity contribution in [1.82, 2.24) is 9.78 Å². The van der Waals surface area contributed by atoms with Gasteiger partial charge in [-0.3, -0.25) is 9.67 Å². The maximum absolute atomic E-state index is 6.46. The molecule has 0 saturated heterocycles. The Morgan fingerprint density at radius 1 is 1.48 bits per heavy atom. The lowest BCUT2D eigenvalue weighted by molar-refractivity contribution is 0.654. The summed E-state index contributed by atoms with van der Waals surface area (Å²) in [6.45, 7) is 8.47. The first kappa shape index (κ1) is 16.5. The highest BCUT2D eigenvalue weighted by molar-refractivity contribution is 9.12. The van der Waals surface area contributed by atoms with E-state index < -0.39 is 0 Å². The van der Waals surface area contributed by atoms with Gasteiger partial charge in [-0.1, -0.05) is 30.3 Å². The van der Waals surface area contributed by atoms with Crippen molar-refractivity contribution in [2.45, 2.75) is 39.2 Å². The molecule has 1 heterocycles. The number of hydrogen-bond donors (Lipinski definition) is 0. The molecule has 0 unspecified atom stereocenters. The molecule has 120 valence electrons. The van der Waals surface area contributed by atoms with Gasteiger partial charge in [0.15, 0.2) is 0 Å². The van der Waals surface area contributed by atoms with Gasteiger partial charge in [0, 0.05) is 15.7 Å². The summed E-state index contributed by atoms with van der Waals surface area (Å²) in [6, 6.07) is 6.19. The molecule has 1 saturated carbocycles. The van der Waals surface area contributed by atoms with E-state index >= 15 is 0 Å². The van der Waals surface area contributed by atoms with E-state index in [4.69, 9.17) is 11.6 Å². The van der Waals surface area contributed by atoms with Crippen LogP contribution in [0.2, 0.25) is 5.02 Å². The summed E-state index contributed by atoms with van der Waals surface area (Å²) in [5.74, 6) is 0.662. The Labute approximate surface area is 150 Å². The van der Waals surface area contributed by atoms with Crippen molar-refractivity contribution >= 4 is 39.4 Å². The first-order valence-electron chi connectivity index (χ1n) is 7.67. The van der Waals surface area contributed by atoms with Crippen molar-refractivity contribution in [1.29, 1.82) is 0 Å². The second-order valence-corrected chi connectivity index (χ2v) is 7.39. The Morgan fingerprint density at radius 2 is 2.22 bits per heavy atom. The summed E-state index contributed by atoms with van der Waals surface area (Å²) >= 11 is 9.76. The summed E-state index contributed by atoms with van der Waals surface area (Å²) in [6.07, 6.45) is 4.22. The lowest BCUT2D eigenvalue weighted by atomic mass is 10.0. The van der Waals surface area contributed by atoms with E-state index in [1.54, 1.807) is 6.21 Å². The van der Waals surface area contributed by atoms with Crippen LogP contribution in [0.4, 0.5) is 5.69 Å². The molecule has 0 bridgehead atoms. The van der Waals surface area contributed by atoms with E-state index in [-0.39, 0.29) is 0 Å². The van der Waals surface area contributed by atoms with Crippen molar-refractivity contribution in [3.63, 3.8) is 0 Å². The largest absolute Gasteiger partial charge is 0.263 e. The monoisotopic (exact) mass is 391 g/mol. The minimum absolute atomic E-state index is 0.662. The molecule has 5 heteroatoms. The number of allylic oxidation sites excluding steroid dienone is 1. The lowest BCUT2D eigenvalue weighted by Crippen LogP contribution is -2.07. The molecule has 0 atom stereocenters. The molecular formula is C18H19BrClN3. The highest BCUT2D eigenvalue weighted by Gasteiger charge is 2.27. The molecule has 1 aromatic heterocycles. The first-order valence-corrected chi connectivity index (χ1v) is 8.84. The number of benzene rings is 1. The number of rotatable bonds is 5. The molecule has 23 heavy (non-hydrogen) atoms. The molecule has 0 radical (unpaired) electrons. The van der Waals surface area contributed by atoms with Crippen LogP contribution in [-0.4, -0.2) is 16.0 Å². The SMILES string of the molecule is C=C(Br)C=Nc1c(C)nn(Cc2c(Cl)cccc2C2CC2)c1C. The zero-order chi connectivity index (χ0) is 16.6. The predicted molar refractivity (Wildman–Crippen MR) is 100 cm³/mol. The predicted octanol–water partition coefficient (Wildman–Crippen LogP) is 5.69. The molecule has 3 rings (SSSR count). The summed E-state index contributed by atoms with van der Waals surface area (Å²) in [4.78, 5) is 4.47. The molecule has 0 N–H and O–H groups in total. The van der Waals surface area contributed by atoms with Crippen LogP contribution in [0.3, 0.4) is 0 Å². The molecule has 2 aromatic rings. The average Bonchev–Trinajstić information content (AvgIpc) is 3.28. The molecule has 0 aliphatic heterocycles. The van der Waals surface area contributed by atoms with Gasteiger partial charge in [0.05, 0.1) is 17.9 Å². The van der Waals surface area contributed by atoms with E-state index in [0.29, 0.717) is 12.5 Å². The zero-order valence-corrected chi connectivity index (χ0v) is 15.7. The number of hydrogen-bond acceptors (Lipinski definition) is 2. The second-order valence-electron chi connectivity index (χ2n) is 5.96. The van der Waals surface area contributed by atoms with E-state index in [1.165, 1.54) is 24.0 Å². The van der Waals surface area contributed by atoms with Crippen LogP contribution in [0.25, 0.3) is 0 Å². The van der Waals surface area contributed by atoms with Crippen LogP contribution in [0.15, 0.2) is 34.3 Å². The Hall–Kier alpha value is -1.39. The quantitative estimate of drug-likeness (QED) is 0.601. The second kappa shape index (κ2) is 6.62. The van der Waals surface area contributed by atoms with Gasteiger partial charge in [-0.15, -0.1) is 0 Å². The summed E-state index contributed by atoms with van der Waals surface area (Å²) in [5.41, 5.74) is 5.39. The van der Waals surface area contributed by atoms with Crippen LogP contribution >= 0.6 is 27.5 Å².